The predicted molar refractivity (Wildman–Crippen MR) is 62.8 cm³/mol. The molecule has 0 saturated heterocycles. The number of alkyl halides is 11. The van der Waals surface area contributed by atoms with Crippen molar-refractivity contribution in [1.29, 1.82) is 0 Å². The number of hydrogen-bond donors (Lipinski definition) is 1. The van der Waals surface area contributed by atoms with Gasteiger partial charge in [-0.1, -0.05) is 0 Å². The molecule has 27 heavy (non-hydrogen) atoms. The molecule has 0 aliphatic rings. The van der Waals surface area contributed by atoms with Crippen LogP contribution in [0.15, 0.2) is 12.2 Å². The van der Waals surface area contributed by atoms with Crippen molar-refractivity contribution >= 4 is 11.9 Å². The van der Waals surface area contributed by atoms with Crippen LogP contribution < -0.4 is 0 Å². The average molecular weight is 426 g/mol. The second-order valence-corrected chi connectivity index (χ2v) is 4.97. The van der Waals surface area contributed by atoms with Crippen LogP contribution in [0.4, 0.5) is 48.3 Å². The van der Waals surface area contributed by atoms with Gasteiger partial charge in [-0.15, -0.1) is 0 Å². The van der Waals surface area contributed by atoms with Gasteiger partial charge < -0.3 is 9.84 Å². The molecule has 0 saturated carbocycles. The highest BCUT2D eigenvalue weighted by atomic mass is 19.4. The third-order valence-corrected chi connectivity index (χ3v) is 2.76. The predicted octanol–water partition coefficient (Wildman–Crippen LogP) is 4.05. The molecule has 0 aliphatic heterocycles. The van der Waals surface area contributed by atoms with E-state index in [0.717, 1.165) is 0 Å². The maximum absolute atomic E-state index is 13.3. The molecule has 0 fully saturated rings. The van der Waals surface area contributed by atoms with E-state index in [1.807, 2.05) is 0 Å². The maximum atomic E-state index is 13.3. The Morgan fingerprint density at radius 2 is 1.30 bits per heavy atom. The van der Waals surface area contributed by atoms with Crippen molar-refractivity contribution in [2.24, 2.45) is 0 Å². The van der Waals surface area contributed by atoms with Crippen LogP contribution in [0.5, 0.6) is 0 Å². The topological polar surface area (TPSA) is 63.6 Å². The van der Waals surface area contributed by atoms with E-state index in [-0.39, 0.29) is 12.2 Å². The van der Waals surface area contributed by atoms with Gasteiger partial charge >= 0.3 is 35.9 Å². The summed E-state index contributed by atoms with van der Waals surface area (Å²) in [6.07, 6.45) is -12.1. The van der Waals surface area contributed by atoms with E-state index in [4.69, 9.17) is 5.11 Å². The van der Waals surface area contributed by atoms with Gasteiger partial charge in [-0.25, -0.2) is 18.4 Å². The zero-order valence-electron chi connectivity index (χ0n) is 12.6. The summed E-state index contributed by atoms with van der Waals surface area (Å²) in [4.78, 5) is 20.8. The van der Waals surface area contributed by atoms with Crippen molar-refractivity contribution in [1.82, 2.24) is 0 Å². The van der Waals surface area contributed by atoms with Gasteiger partial charge in [0.15, 0.2) is 0 Å². The Hall–Kier alpha value is -2.09. The van der Waals surface area contributed by atoms with E-state index in [2.05, 4.69) is 4.74 Å². The molecule has 0 unspecified atom stereocenters. The van der Waals surface area contributed by atoms with Gasteiger partial charge in [0.05, 0.1) is 13.0 Å². The summed E-state index contributed by atoms with van der Waals surface area (Å²) in [5.41, 5.74) is 0. The van der Waals surface area contributed by atoms with E-state index in [0.29, 0.717) is 0 Å². The highest BCUT2D eigenvalue weighted by Gasteiger charge is 2.82. The Bertz CT molecular complexity index is 580. The van der Waals surface area contributed by atoms with Crippen molar-refractivity contribution in [3.8, 4) is 0 Å². The molecular weight excluding hydrogens is 417 g/mol. The van der Waals surface area contributed by atoms with Gasteiger partial charge in [0.2, 0.25) is 0 Å². The molecule has 0 aromatic rings. The number of carboxylic acid groups (broad SMARTS) is 1. The Morgan fingerprint density at radius 1 is 0.815 bits per heavy atom. The van der Waals surface area contributed by atoms with Crippen LogP contribution in [0.3, 0.4) is 0 Å². The lowest BCUT2D eigenvalue weighted by molar-refractivity contribution is -0.401. The van der Waals surface area contributed by atoms with E-state index in [1.165, 1.54) is 0 Å². The second-order valence-electron chi connectivity index (χ2n) is 4.97. The first kappa shape index (κ1) is 24.9. The maximum Gasteiger partial charge on any atom is 0.460 e. The lowest BCUT2D eigenvalue weighted by Gasteiger charge is -2.35. The summed E-state index contributed by atoms with van der Waals surface area (Å²) < 4.78 is 143. The van der Waals surface area contributed by atoms with Crippen LogP contribution in [0.2, 0.25) is 0 Å². The number of halogens is 11. The van der Waals surface area contributed by atoms with Gasteiger partial charge in [0.25, 0.3) is 5.92 Å². The molecule has 0 aliphatic carbocycles. The lowest BCUT2D eigenvalue weighted by atomic mass is 9.97. The largest absolute Gasteiger partial charge is 0.478 e. The molecule has 1 N–H and O–H groups in total. The first-order valence-corrected chi connectivity index (χ1v) is 6.42. The first-order chi connectivity index (χ1) is 11.8. The average Bonchev–Trinajstić information content (AvgIpc) is 2.42. The van der Waals surface area contributed by atoms with E-state index >= 15 is 0 Å². The molecule has 0 radical (unpaired) electrons. The van der Waals surface area contributed by atoms with Crippen molar-refractivity contribution < 1.29 is 67.7 Å². The molecule has 15 heteroatoms. The Kier molecular flexibility index (Phi) is 7.27. The van der Waals surface area contributed by atoms with Crippen molar-refractivity contribution in [3.05, 3.63) is 12.2 Å². The molecule has 0 spiro atoms. The van der Waals surface area contributed by atoms with Crippen molar-refractivity contribution in [2.45, 2.75) is 42.7 Å². The standard InChI is InChI=1S/C12H9F11O4/c13-8(14,3-4-27-7(26)2-1-6(24)25)5-9(15,16)10(17,18)11(19,20)12(21,22)23/h1-2H,3-5H2,(H,24,25)/b2-1-. The quantitative estimate of drug-likeness (QED) is 0.343. The fourth-order valence-corrected chi connectivity index (χ4v) is 1.42. The summed E-state index contributed by atoms with van der Waals surface area (Å²) >= 11 is 0. The number of aliphatic carboxylic acids is 1. The summed E-state index contributed by atoms with van der Waals surface area (Å²) in [5.74, 6) is -29.1. The van der Waals surface area contributed by atoms with Crippen LogP contribution in [0, 0.1) is 0 Å². The molecule has 0 heterocycles. The highest BCUT2D eigenvalue weighted by Crippen LogP contribution is 2.55. The third kappa shape index (κ3) is 6.23. The number of hydrogen-bond acceptors (Lipinski definition) is 3. The SMILES string of the molecule is O=C(O)/C=C\C(=O)OCCC(F)(F)CC(F)(F)C(F)(F)C(F)(F)C(F)(F)F. The first-order valence-electron chi connectivity index (χ1n) is 6.42. The number of carbonyl (C=O) groups excluding carboxylic acids is 1. The fourth-order valence-electron chi connectivity index (χ4n) is 1.42. The smallest absolute Gasteiger partial charge is 0.460 e. The fraction of sp³-hybridized carbons (Fsp3) is 0.667. The van der Waals surface area contributed by atoms with Crippen LogP contribution in [0.25, 0.3) is 0 Å². The summed E-state index contributed by atoms with van der Waals surface area (Å²) in [7, 11) is 0. The van der Waals surface area contributed by atoms with E-state index in [9.17, 15) is 57.9 Å². The molecule has 0 aromatic carbocycles. The van der Waals surface area contributed by atoms with Gasteiger partial charge in [-0.05, 0) is 0 Å². The van der Waals surface area contributed by atoms with Crippen LogP contribution in [0.1, 0.15) is 12.8 Å². The number of esters is 1. The number of carboxylic acids is 1. The van der Waals surface area contributed by atoms with Crippen LogP contribution in [-0.4, -0.2) is 53.5 Å². The summed E-state index contributed by atoms with van der Waals surface area (Å²) in [6.45, 7) is -1.45. The molecule has 0 bridgehead atoms. The lowest BCUT2D eigenvalue weighted by Crippen LogP contribution is -2.61. The van der Waals surface area contributed by atoms with E-state index < -0.39 is 61.3 Å². The molecule has 0 atom stereocenters. The van der Waals surface area contributed by atoms with Gasteiger partial charge in [0, 0.05) is 18.6 Å². The minimum absolute atomic E-state index is 0.203. The number of rotatable bonds is 9. The normalized spacial score (nSPS) is 14.5. The monoisotopic (exact) mass is 426 g/mol. The number of carbonyl (C=O) groups is 2. The van der Waals surface area contributed by atoms with E-state index in [1.54, 1.807) is 0 Å². The molecular formula is C12H9F11O4. The van der Waals surface area contributed by atoms with Crippen molar-refractivity contribution in [2.75, 3.05) is 6.61 Å². The molecule has 4 nitrogen and oxygen atoms in total. The molecule has 158 valence electrons. The minimum atomic E-state index is -7.30. The molecule has 0 aromatic heterocycles. The zero-order chi connectivity index (χ0) is 21.9. The Morgan fingerprint density at radius 3 is 1.70 bits per heavy atom. The molecule has 0 amide bonds. The second kappa shape index (κ2) is 7.88. The van der Waals surface area contributed by atoms with Gasteiger partial charge in [-0.2, -0.15) is 39.5 Å². The summed E-state index contributed by atoms with van der Waals surface area (Å²) in [5, 5.41) is 8.13. The highest BCUT2D eigenvalue weighted by molar-refractivity contribution is 5.90. The van der Waals surface area contributed by atoms with Crippen LogP contribution in [-0.2, 0) is 14.3 Å². The van der Waals surface area contributed by atoms with Crippen molar-refractivity contribution in [3.63, 3.8) is 0 Å². The minimum Gasteiger partial charge on any atom is -0.478 e. The Labute approximate surface area is 142 Å². The third-order valence-electron chi connectivity index (χ3n) is 2.76. The number of ether oxygens (including phenoxy) is 1. The van der Waals surface area contributed by atoms with Gasteiger partial charge in [0.1, 0.15) is 0 Å². The molecule has 0 rings (SSSR count). The Balaban J connectivity index is 5.10. The van der Waals surface area contributed by atoms with Crippen LogP contribution >= 0.6 is 0 Å². The zero-order valence-corrected chi connectivity index (χ0v) is 12.6. The summed E-state index contributed by atoms with van der Waals surface area (Å²) in [6, 6.07) is 0. The van der Waals surface area contributed by atoms with Gasteiger partial charge in [-0.3, -0.25) is 0 Å².